The predicted octanol–water partition coefficient (Wildman–Crippen LogP) is -0.890. The Morgan fingerprint density at radius 2 is 2.22 bits per heavy atom. The monoisotopic (exact) mass is 253 g/mol. The Morgan fingerprint density at radius 1 is 1.56 bits per heavy atom. The molecule has 0 radical (unpaired) electrons. The maximum absolute atomic E-state index is 12.0. The van der Waals surface area contributed by atoms with Crippen molar-refractivity contribution < 1.29 is 9.90 Å². The number of nitrogens with zero attached hydrogens (tertiary/aromatic N) is 4. The number of aromatic nitrogens is 3. The smallest absolute Gasteiger partial charge is 0.244 e. The Labute approximate surface area is 106 Å². The van der Waals surface area contributed by atoms with E-state index in [2.05, 4.69) is 10.3 Å². The minimum absolute atomic E-state index is 0.000952. The van der Waals surface area contributed by atoms with E-state index in [9.17, 15) is 9.90 Å². The number of hydrogen-bond acceptors (Lipinski definition) is 5. The fourth-order valence-electron chi connectivity index (χ4n) is 1.99. The number of aliphatic hydroxyl groups is 1. The molecule has 1 amide bonds. The zero-order chi connectivity index (χ0) is 13.2. The highest BCUT2D eigenvalue weighted by atomic mass is 16.3. The minimum Gasteiger partial charge on any atom is -0.390 e. The summed E-state index contributed by atoms with van der Waals surface area (Å²) in [4.78, 5) is 13.8. The topological polar surface area (TPSA) is 97.3 Å². The molecule has 0 aromatic carbocycles. The second-order valence-corrected chi connectivity index (χ2v) is 4.99. The number of hydrogen-bond donors (Lipinski definition) is 2. The van der Waals surface area contributed by atoms with Gasteiger partial charge in [0.25, 0.3) is 0 Å². The molecule has 1 saturated heterocycles. The summed E-state index contributed by atoms with van der Waals surface area (Å²) in [6.45, 7) is 3.48. The van der Waals surface area contributed by atoms with E-state index in [1.165, 1.54) is 4.68 Å². The van der Waals surface area contributed by atoms with E-state index in [0.29, 0.717) is 38.2 Å². The van der Waals surface area contributed by atoms with Crippen molar-refractivity contribution in [3.05, 3.63) is 11.9 Å². The molecule has 100 valence electrons. The highest BCUT2D eigenvalue weighted by molar-refractivity contribution is 5.76. The molecular formula is C11H19N5O2. The van der Waals surface area contributed by atoms with Gasteiger partial charge in [-0.1, -0.05) is 5.21 Å². The fraction of sp³-hybridized carbons (Fsp3) is 0.727. The molecular weight excluding hydrogens is 234 g/mol. The third-order valence-electron chi connectivity index (χ3n) is 3.29. The molecule has 7 heteroatoms. The van der Waals surface area contributed by atoms with E-state index in [-0.39, 0.29) is 12.5 Å². The Hall–Kier alpha value is -1.47. The molecule has 3 N–H and O–H groups in total. The summed E-state index contributed by atoms with van der Waals surface area (Å²) >= 11 is 0. The van der Waals surface area contributed by atoms with Gasteiger partial charge in [-0.05, 0) is 19.8 Å². The summed E-state index contributed by atoms with van der Waals surface area (Å²) in [5.41, 5.74) is 5.46. The second-order valence-electron chi connectivity index (χ2n) is 4.99. The summed E-state index contributed by atoms with van der Waals surface area (Å²) in [7, 11) is 0. The summed E-state index contributed by atoms with van der Waals surface area (Å²) in [5, 5.41) is 17.5. The third-order valence-corrected chi connectivity index (χ3v) is 3.29. The van der Waals surface area contributed by atoms with Gasteiger partial charge in [-0.25, -0.2) is 4.68 Å². The van der Waals surface area contributed by atoms with E-state index in [4.69, 9.17) is 5.73 Å². The first-order valence-electron chi connectivity index (χ1n) is 6.09. The van der Waals surface area contributed by atoms with Crippen molar-refractivity contribution in [2.24, 2.45) is 5.73 Å². The van der Waals surface area contributed by atoms with Gasteiger partial charge >= 0.3 is 0 Å². The lowest BCUT2D eigenvalue weighted by atomic mass is 9.94. The maximum Gasteiger partial charge on any atom is 0.244 e. The number of piperidine rings is 1. The van der Waals surface area contributed by atoms with Crippen LogP contribution < -0.4 is 5.73 Å². The van der Waals surface area contributed by atoms with Crippen molar-refractivity contribution in [2.45, 2.75) is 38.5 Å². The fourth-order valence-corrected chi connectivity index (χ4v) is 1.99. The van der Waals surface area contributed by atoms with Gasteiger partial charge in [0, 0.05) is 19.6 Å². The number of carbonyl (C=O) groups excluding carboxylic acids is 1. The number of nitrogens with two attached hydrogens (primary N) is 1. The largest absolute Gasteiger partial charge is 0.390 e. The molecule has 2 heterocycles. The van der Waals surface area contributed by atoms with Crippen LogP contribution in [0.25, 0.3) is 0 Å². The van der Waals surface area contributed by atoms with Crippen molar-refractivity contribution in [3.63, 3.8) is 0 Å². The van der Waals surface area contributed by atoms with E-state index in [1.54, 1.807) is 18.0 Å². The van der Waals surface area contributed by atoms with Gasteiger partial charge in [-0.15, -0.1) is 5.10 Å². The molecule has 18 heavy (non-hydrogen) atoms. The van der Waals surface area contributed by atoms with Crippen molar-refractivity contribution in [2.75, 3.05) is 13.1 Å². The van der Waals surface area contributed by atoms with Crippen molar-refractivity contribution >= 4 is 5.91 Å². The van der Waals surface area contributed by atoms with Gasteiger partial charge in [0.2, 0.25) is 5.91 Å². The number of amides is 1. The quantitative estimate of drug-likeness (QED) is 0.728. The molecule has 1 aliphatic rings. The lowest BCUT2D eigenvalue weighted by molar-refractivity contribution is -0.135. The van der Waals surface area contributed by atoms with Crippen LogP contribution in [0, 0.1) is 0 Å². The van der Waals surface area contributed by atoms with Crippen LogP contribution in [0.3, 0.4) is 0 Å². The molecule has 0 spiro atoms. The predicted molar refractivity (Wildman–Crippen MR) is 64.4 cm³/mol. The Balaban J connectivity index is 1.89. The van der Waals surface area contributed by atoms with Gasteiger partial charge in [0.15, 0.2) is 0 Å². The molecule has 0 saturated carbocycles. The second kappa shape index (κ2) is 5.03. The number of carbonyl (C=O) groups is 1. The van der Waals surface area contributed by atoms with Crippen molar-refractivity contribution in [1.29, 1.82) is 0 Å². The average Bonchev–Trinajstić information content (AvgIpc) is 2.76. The standard InChI is InChI=1S/C11H19N5O2/c1-11(18)2-4-15(5-3-11)10(17)8-16-7-9(6-12)13-14-16/h7,18H,2-6,8,12H2,1H3. The highest BCUT2D eigenvalue weighted by Gasteiger charge is 2.29. The van der Waals surface area contributed by atoms with Crippen LogP contribution in [0.5, 0.6) is 0 Å². The van der Waals surface area contributed by atoms with Gasteiger partial charge in [0.05, 0.1) is 17.5 Å². The first-order chi connectivity index (χ1) is 8.50. The molecule has 1 aromatic heterocycles. The molecule has 0 aliphatic carbocycles. The molecule has 0 unspecified atom stereocenters. The van der Waals surface area contributed by atoms with Crippen LogP contribution in [0.2, 0.25) is 0 Å². The third kappa shape index (κ3) is 3.05. The normalized spacial score (nSPS) is 18.9. The summed E-state index contributed by atoms with van der Waals surface area (Å²) in [6.07, 6.45) is 2.91. The number of likely N-dealkylation sites (tertiary alicyclic amines) is 1. The van der Waals surface area contributed by atoms with Crippen LogP contribution in [-0.2, 0) is 17.9 Å². The Bertz CT molecular complexity index is 419. The maximum atomic E-state index is 12.0. The van der Waals surface area contributed by atoms with Crippen LogP contribution in [0.15, 0.2) is 6.20 Å². The van der Waals surface area contributed by atoms with E-state index < -0.39 is 5.60 Å². The molecule has 7 nitrogen and oxygen atoms in total. The highest BCUT2D eigenvalue weighted by Crippen LogP contribution is 2.21. The molecule has 2 rings (SSSR count). The van der Waals surface area contributed by atoms with Crippen LogP contribution in [-0.4, -0.2) is 49.6 Å². The lowest BCUT2D eigenvalue weighted by Gasteiger charge is -2.35. The van der Waals surface area contributed by atoms with Gasteiger partial charge in [-0.2, -0.15) is 0 Å². The van der Waals surface area contributed by atoms with Gasteiger partial charge < -0.3 is 15.7 Å². The summed E-state index contributed by atoms with van der Waals surface area (Å²) in [5.74, 6) is -0.000952. The van der Waals surface area contributed by atoms with Gasteiger partial charge in [-0.3, -0.25) is 4.79 Å². The van der Waals surface area contributed by atoms with Crippen LogP contribution in [0.1, 0.15) is 25.5 Å². The SMILES string of the molecule is CC1(O)CCN(C(=O)Cn2cc(CN)nn2)CC1. The average molecular weight is 253 g/mol. The minimum atomic E-state index is -0.642. The molecule has 1 aromatic rings. The number of rotatable bonds is 3. The molecule has 1 fully saturated rings. The zero-order valence-corrected chi connectivity index (χ0v) is 10.5. The van der Waals surface area contributed by atoms with E-state index in [0.717, 1.165) is 0 Å². The first-order valence-corrected chi connectivity index (χ1v) is 6.09. The summed E-state index contributed by atoms with van der Waals surface area (Å²) < 4.78 is 1.50. The Morgan fingerprint density at radius 3 is 2.78 bits per heavy atom. The zero-order valence-electron chi connectivity index (χ0n) is 10.5. The van der Waals surface area contributed by atoms with Crippen molar-refractivity contribution in [3.8, 4) is 0 Å². The van der Waals surface area contributed by atoms with E-state index in [1.807, 2.05) is 0 Å². The van der Waals surface area contributed by atoms with Crippen LogP contribution in [0.4, 0.5) is 0 Å². The van der Waals surface area contributed by atoms with Crippen LogP contribution >= 0.6 is 0 Å². The Kier molecular flexibility index (Phi) is 3.63. The first kappa shape index (κ1) is 13.0. The van der Waals surface area contributed by atoms with Crippen molar-refractivity contribution in [1.82, 2.24) is 19.9 Å². The van der Waals surface area contributed by atoms with E-state index >= 15 is 0 Å². The lowest BCUT2D eigenvalue weighted by Crippen LogP contribution is -2.46. The molecule has 1 aliphatic heterocycles. The summed E-state index contributed by atoms with van der Waals surface area (Å²) in [6, 6.07) is 0. The van der Waals surface area contributed by atoms with Gasteiger partial charge in [0.1, 0.15) is 6.54 Å². The molecule has 0 atom stereocenters. The molecule has 0 bridgehead atoms.